The molecule has 104 valence electrons. The smallest absolute Gasteiger partial charge is 0.254 e. The van der Waals surface area contributed by atoms with Gasteiger partial charge in [-0.05, 0) is 31.2 Å². The molecule has 1 heterocycles. The summed E-state index contributed by atoms with van der Waals surface area (Å²) in [4.78, 5) is 14.3. The number of nitrogens with zero attached hydrogens (tertiary/aromatic N) is 1. The van der Waals surface area contributed by atoms with Crippen LogP contribution in [0.5, 0.6) is 0 Å². The Morgan fingerprint density at radius 1 is 1.42 bits per heavy atom. The van der Waals surface area contributed by atoms with E-state index in [2.05, 4.69) is 12.2 Å². The predicted molar refractivity (Wildman–Crippen MR) is 75.4 cm³/mol. The maximum Gasteiger partial charge on any atom is 0.254 e. The monoisotopic (exact) mass is 262 g/mol. The number of carbonyl (C=O) groups excluding carboxylic acids is 1. The van der Waals surface area contributed by atoms with Crippen LogP contribution in [-0.4, -0.2) is 50.2 Å². The van der Waals surface area contributed by atoms with Crippen molar-refractivity contribution in [3.8, 4) is 0 Å². The Balaban J connectivity index is 2.01. The molecule has 0 spiro atoms. The summed E-state index contributed by atoms with van der Waals surface area (Å²) in [7, 11) is 1.90. The Kier molecular flexibility index (Phi) is 4.93. The first-order valence-electron chi connectivity index (χ1n) is 6.89. The molecule has 0 saturated carbocycles. The average molecular weight is 262 g/mol. The largest absolute Gasteiger partial charge is 0.373 e. The Bertz CT molecular complexity index is 415. The average Bonchev–Trinajstić information content (AvgIpc) is 2.47. The van der Waals surface area contributed by atoms with Crippen LogP contribution >= 0.6 is 0 Å². The molecule has 1 atom stereocenters. The molecule has 1 saturated heterocycles. The van der Waals surface area contributed by atoms with Crippen LogP contribution in [0.15, 0.2) is 24.3 Å². The zero-order chi connectivity index (χ0) is 13.7. The molecule has 19 heavy (non-hydrogen) atoms. The summed E-state index contributed by atoms with van der Waals surface area (Å²) in [6, 6.07) is 7.89. The first-order valence-corrected chi connectivity index (χ1v) is 6.89. The summed E-state index contributed by atoms with van der Waals surface area (Å²) in [6.07, 6.45) is 1.09. The lowest BCUT2D eigenvalue weighted by atomic mass is 10.1. The molecule has 2 rings (SSSR count). The van der Waals surface area contributed by atoms with E-state index in [-0.39, 0.29) is 12.0 Å². The van der Waals surface area contributed by atoms with E-state index in [4.69, 9.17) is 4.74 Å². The predicted octanol–water partition coefficient (Wildman–Crippen LogP) is 1.31. The van der Waals surface area contributed by atoms with Gasteiger partial charge in [-0.2, -0.15) is 0 Å². The Morgan fingerprint density at radius 2 is 2.16 bits per heavy atom. The minimum atomic E-state index is 0.0950. The Hall–Kier alpha value is -1.39. The van der Waals surface area contributed by atoms with Crippen LogP contribution in [0.4, 0.5) is 0 Å². The van der Waals surface area contributed by atoms with E-state index in [9.17, 15) is 4.79 Å². The van der Waals surface area contributed by atoms with E-state index >= 15 is 0 Å². The number of nitrogens with one attached hydrogen (secondary N) is 1. The Labute approximate surface area is 114 Å². The highest BCUT2D eigenvalue weighted by molar-refractivity contribution is 5.94. The molecule has 1 aromatic rings. The zero-order valence-corrected chi connectivity index (χ0v) is 11.7. The maximum atomic E-state index is 12.4. The van der Waals surface area contributed by atoms with Crippen LogP contribution < -0.4 is 5.32 Å². The van der Waals surface area contributed by atoms with Crippen molar-refractivity contribution in [2.75, 3.05) is 33.3 Å². The second-order valence-corrected chi connectivity index (χ2v) is 4.85. The van der Waals surface area contributed by atoms with Gasteiger partial charge in [-0.1, -0.05) is 19.1 Å². The molecular formula is C15H22N2O2. The van der Waals surface area contributed by atoms with Crippen LogP contribution in [0, 0.1) is 0 Å². The summed E-state index contributed by atoms with van der Waals surface area (Å²) in [6.45, 7) is 4.84. The summed E-state index contributed by atoms with van der Waals surface area (Å²) < 4.78 is 5.61. The molecule has 0 aromatic heterocycles. The van der Waals surface area contributed by atoms with Gasteiger partial charge in [0.15, 0.2) is 0 Å². The third-order valence-corrected chi connectivity index (χ3v) is 3.47. The second-order valence-electron chi connectivity index (χ2n) is 4.85. The number of rotatable bonds is 4. The Morgan fingerprint density at radius 3 is 2.79 bits per heavy atom. The summed E-state index contributed by atoms with van der Waals surface area (Å²) >= 11 is 0. The van der Waals surface area contributed by atoms with E-state index in [0.29, 0.717) is 19.7 Å². The molecule has 4 nitrogen and oxygen atoms in total. The third-order valence-electron chi connectivity index (χ3n) is 3.47. The van der Waals surface area contributed by atoms with Gasteiger partial charge in [-0.15, -0.1) is 0 Å². The first kappa shape index (κ1) is 14.0. The van der Waals surface area contributed by atoms with Gasteiger partial charge in [0.1, 0.15) is 0 Å². The van der Waals surface area contributed by atoms with Crippen molar-refractivity contribution in [3.63, 3.8) is 0 Å². The van der Waals surface area contributed by atoms with Crippen molar-refractivity contribution in [2.24, 2.45) is 0 Å². The van der Waals surface area contributed by atoms with E-state index in [0.717, 1.165) is 18.5 Å². The number of likely N-dealkylation sites (N-methyl/N-ethyl adjacent to an activating group) is 1. The molecule has 1 aliphatic heterocycles. The van der Waals surface area contributed by atoms with Crippen LogP contribution in [0.1, 0.15) is 22.8 Å². The van der Waals surface area contributed by atoms with Crippen LogP contribution in [0.25, 0.3) is 0 Å². The zero-order valence-electron chi connectivity index (χ0n) is 11.7. The molecule has 1 unspecified atom stereocenters. The highest BCUT2D eigenvalue weighted by Gasteiger charge is 2.24. The van der Waals surface area contributed by atoms with Gasteiger partial charge in [0.05, 0.1) is 12.7 Å². The number of hydrogen-bond acceptors (Lipinski definition) is 3. The number of amides is 1. The van der Waals surface area contributed by atoms with Crippen molar-refractivity contribution in [1.29, 1.82) is 0 Å². The SMILES string of the molecule is CCc1ccc(C(=O)N2CCOC(CNC)C2)cc1. The first-order chi connectivity index (χ1) is 9.24. The topological polar surface area (TPSA) is 41.6 Å². The van der Waals surface area contributed by atoms with Crippen molar-refractivity contribution in [1.82, 2.24) is 10.2 Å². The minimum Gasteiger partial charge on any atom is -0.373 e. The van der Waals surface area contributed by atoms with Crippen molar-refractivity contribution < 1.29 is 9.53 Å². The van der Waals surface area contributed by atoms with Gasteiger partial charge in [-0.25, -0.2) is 0 Å². The molecule has 0 bridgehead atoms. The number of ether oxygens (including phenoxy) is 1. The van der Waals surface area contributed by atoms with Gasteiger partial charge < -0.3 is 15.0 Å². The van der Waals surface area contributed by atoms with Crippen LogP contribution in [0.3, 0.4) is 0 Å². The number of hydrogen-bond donors (Lipinski definition) is 1. The van der Waals surface area contributed by atoms with Gasteiger partial charge in [0.2, 0.25) is 0 Å². The van der Waals surface area contributed by atoms with E-state index < -0.39 is 0 Å². The van der Waals surface area contributed by atoms with Crippen molar-refractivity contribution in [3.05, 3.63) is 35.4 Å². The lowest BCUT2D eigenvalue weighted by Gasteiger charge is -2.33. The van der Waals surface area contributed by atoms with Gasteiger partial charge in [0.25, 0.3) is 5.91 Å². The summed E-state index contributed by atoms with van der Waals surface area (Å²) in [5, 5.41) is 3.09. The van der Waals surface area contributed by atoms with Crippen LogP contribution in [0.2, 0.25) is 0 Å². The number of benzene rings is 1. The van der Waals surface area contributed by atoms with E-state index in [1.807, 2.05) is 36.2 Å². The summed E-state index contributed by atoms with van der Waals surface area (Å²) in [5.41, 5.74) is 2.02. The molecule has 0 aliphatic carbocycles. The molecule has 0 radical (unpaired) electrons. The molecule has 1 N–H and O–H groups in total. The fourth-order valence-electron chi connectivity index (χ4n) is 2.32. The highest BCUT2D eigenvalue weighted by Crippen LogP contribution is 2.12. The van der Waals surface area contributed by atoms with Gasteiger partial charge >= 0.3 is 0 Å². The van der Waals surface area contributed by atoms with Gasteiger partial charge in [-0.3, -0.25) is 4.79 Å². The highest BCUT2D eigenvalue weighted by atomic mass is 16.5. The molecule has 1 amide bonds. The molecule has 1 aliphatic rings. The van der Waals surface area contributed by atoms with Gasteiger partial charge in [0, 0.05) is 25.2 Å². The summed E-state index contributed by atoms with van der Waals surface area (Å²) in [5.74, 6) is 0.104. The minimum absolute atomic E-state index is 0.0950. The second kappa shape index (κ2) is 6.68. The normalized spacial score (nSPS) is 19.5. The maximum absolute atomic E-state index is 12.4. The van der Waals surface area contributed by atoms with E-state index in [1.165, 1.54) is 5.56 Å². The lowest BCUT2D eigenvalue weighted by molar-refractivity contribution is -0.0196. The van der Waals surface area contributed by atoms with Crippen molar-refractivity contribution >= 4 is 5.91 Å². The number of carbonyl (C=O) groups is 1. The number of morpholine rings is 1. The van der Waals surface area contributed by atoms with E-state index in [1.54, 1.807) is 0 Å². The quantitative estimate of drug-likeness (QED) is 0.889. The van der Waals surface area contributed by atoms with Crippen LogP contribution in [-0.2, 0) is 11.2 Å². The molecule has 1 fully saturated rings. The number of aryl methyl sites for hydroxylation is 1. The van der Waals surface area contributed by atoms with Crippen molar-refractivity contribution in [2.45, 2.75) is 19.4 Å². The lowest BCUT2D eigenvalue weighted by Crippen LogP contribution is -2.48. The fourth-order valence-corrected chi connectivity index (χ4v) is 2.32. The molecular weight excluding hydrogens is 240 g/mol. The third kappa shape index (κ3) is 3.55. The standard InChI is InChI=1S/C15H22N2O2/c1-3-12-4-6-13(7-5-12)15(18)17-8-9-19-14(11-17)10-16-2/h4-7,14,16H,3,8-11H2,1-2H3. The molecule has 4 heteroatoms. The fraction of sp³-hybridized carbons (Fsp3) is 0.533. The molecule has 1 aromatic carbocycles.